The van der Waals surface area contributed by atoms with Crippen molar-refractivity contribution in [1.29, 1.82) is 0 Å². The van der Waals surface area contributed by atoms with Gasteiger partial charge in [-0.1, -0.05) is 24.3 Å². The van der Waals surface area contributed by atoms with Crippen LogP contribution in [0.15, 0.2) is 54.6 Å². The summed E-state index contributed by atoms with van der Waals surface area (Å²) in [6.45, 7) is 6.31. The molecule has 1 amide bonds. The van der Waals surface area contributed by atoms with E-state index in [0.29, 0.717) is 18.2 Å². The zero-order valence-electron chi connectivity index (χ0n) is 17.0. The van der Waals surface area contributed by atoms with Crippen molar-refractivity contribution in [2.24, 2.45) is 5.92 Å². The van der Waals surface area contributed by atoms with E-state index in [0.717, 1.165) is 54.0 Å². The molecular formula is C24H27N3O2. The molecule has 1 atom stereocenters. The molecule has 5 heteroatoms. The number of likely N-dealkylation sites (tertiary alicyclic amines) is 1. The lowest BCUT2D eigenvalue weighted by Crippen LogP contribution is -2.28. The number of aryl methyl sites for hydroxylation is 2. The average Bonchev–Trinajstić information content (AvgIpc) is 3.28. The summed E-state index contributed by atoms with van der Waals surface area (Å²) in [7, 11) is 0. The standard InChI is InChI=1S/C24H27N3O2/c1-17-12-18(2)27(25-17)16-19-6-8-22(9-7-19)24(29)26-11-10-21(15-26)13-20-4-3-5-23(28)14-20/h3-9,12,14,21,28H,10-11,13,15-16H2,1-2H3. The van der Waals surface area contributed by atoms with Crippen LogP contribution in [0.5, 0.6) is 5.75 Å². The number of nitrogens with zero attached hydrogens (tertiary/aromatic N) is 3. The van der Waals surface area contributed by atoms with Gasteiger partial charge in [0.1, 0.15) is 5.75 Å². The van der Waals surface area contributed by atoms with Gasteiger partial charge in [0.2, 0.25) is 0 Å². The van der Waals surface area contributed by atoms with E-state index in [1.54, 1.807) is 6.07 Å². The van der Waals surface area contributed by atoms with E-state index in [1.165, 1.54) is 0 Å². The van der Waals surface area contributed by atoms with Gasteiger partial charge in [-0.15, -0.1) is 0 Å². The Morgan fingerprint density at radius 2 is 1.90 bits per heavy atom. The molecule has 3 aromatic rings. The van der Waals surface area contributed by atoms with Crippen molar-refractivity contribution in [1.82, 2.24) is 14.7 Å². The summed E-state index contributed by atoms with van der Waals surface area (Å²) in [5.74, 6) is 0.834. The molecule has 1 unspecified atom stereocenters. The second-order valence-electron chi connectivity index (χ2n) is 8.06. The molecule has 2 aromatic carbocycles. The van der Waals surface area contributed by atoms with Crippen LogP contribution in [0.3, 0.4) is 0 Å². The maximum Gasteiger partial charge on any atom is 0.253 e. The minimum Gasteiger partial charge on any atom is -0.508 e. The molecule has 2 heterocycles. The number of aromatic nitrogens is 2. The molecule has 5 nitrogen and oxygen atoms in total. The molecular weight excluding hydrogens is 362 g/mol. The zero-order valence-corrected chi connectivity index (χ0v) is 17.0. The highest BCUT2D eigenvalue weighted by Crippen LogP contribution is 2.24. The van der Waals surface area contributed by atoms with Gasteiger partial charge in [-0.25, -0.2) is 0 Å². The molecule has 1 aromatic heterocycles. The first-order valence-corrected chi connectivity index (χ1v) is 10.1. The Morgan fingerprint density at radius 3 is 2.59 bits per heavy atom. The van der Waals surface area contributed by atoms with Gasteiger partial charge in [0, 0.05) is 24.3 Å². The van der Waals surface area contributed by atoms with Gasteiger partial charge in [0.05, 0.1) is 12.2 Å². The topological polar surface area (TPSA) is 58.4 Å². The minimum atomic E-state index is 0.0982. The van der Waals surface area contributed by atoms with Crippen LogP contribution in [0.1, 0.15) is 39.3 Å². The SMILES string of the molecule is Cc1cc(C)n(Cc2ccc(C(=O)N3CCC(Cc4cccc(O)c4)C3)cc2)n1. The van der Waals surface area contributed by atoms with Gasteiger partial charge in [0.15, 0.2) is 0 Å². The Kier molecular flexibility index (Phi) is 5.38. The Balaban J connectivity index is 1.36. The van der Waals surface area contributed by atoms with Crippen LogP contribution in [-0.4, -0.2) is 38.8 Å². The fourth-order valence-electron chi connectivity index (χ4n) is 4.14. The van der Waals surface area contributed by atoms with Gasteiger partial charge < -0.3 is 10.0 Å². The highest BCUT2D eigenvalue weighted by atomic mass is 16.3. The molecule has 150 valence electrons. The Morgan fingerprint density at radius 1 is 1.10 bits per heavy atom. The van der Waals surface area contributed by atoms with Crippen LogP contribution in [0.25, 0.3) is 0 Å². The molecule has 1 saturated heterocycles. The monoisotopic (exact) mass is 389 g/mol. The van der Waals surface area contributed by atoms with Gasteiger partial charge in [-0.05, 0) is 74.1 Å². The van der Waals surface area contributed by atoms with Gasteiger partial charge in [0.25, 0.3) is 5.91 Å². The van der Waals surface area contributed by atoms with Gasteiger partial charge >= 0.3 is 0 Å². The first-order chi connectivity index (χ1) is 14.0. The van der Waals surface area contributed by atoms with Crippen molar-refractivity contribution in [3.05, 3.63) is 82.7 Å². The first-order valence-electron chi connectivity index (χ1n) is 10.1. The van der Waals surface area contributed by atoms with E-state index in [9.17, 15) is 9.90 Å². The van der Waals surface area contributed by atoms with Crippen molar-refractivity contribution in [2.45, 2.75) is 33.2 Å². The van der Waals surface area contributed by atoms with E-state index < -0.39 is 0 Å². The summed E-state index contributed by atoms with van der Waals surface area (Å²) in [6, 6.07) is 17.4. The highest BCUT2D eigenvalue weighted by Gasteiger charge is 2.27. The van der Waals surface area contributed by atoms with Gasteiger partial charge in [-0.2, -0.15) is 5.10 Å². The molecule has 0 bridgehead atoms. The Labute approximate surface area is 171 Å². The Hall–Kier alpha value is -3.08. The van der Waals surface area contributed by atoms with E-state index in [1.807, 2.05) is 59.0 Å². The van der Waals surface area contributed by atoms with E-state index in [4.69, 9.17) is 0 Å². The zero-order chi connectivity index (χ0) is 20.4. The number of benzene rings is 2. The van der Waals surface area contributed by atoms with Crippen molar-refractivity contribution in [3.63, 3.8) is 0 Å². The fraction of sp³-hybridized carbons (Fsp3) is 0.333. The number of hydrogen-bond acceptors (Lipinski definition) is 3. The molecule has 4 rings (SSSR count). The van der Waals surface area contributed by atoms with Crippen LogP contribution in [-0.2, 0) is 13.0 Å². The summed E-state index contributed by atoms with van der Waals surface area (Å²) in [5, 5.41) is 14.1. The van der Waals surface area contributed by atoms with Gasteiger partial charge in [-0.3, -0.25) is 9.48 Å². The molecule has 1 N–H and O–H groups in total. The van der Waals surface area contributed by atoms with Crippen LogP contribution in [0.2, 0.25) is 0 Å². The lowest BCUT2D eigenvalue weighted by molar-refractivity contribution is 0.0787. The third kappa shape index (κ3) is 4.50. The molecule has 29 heavy (non-hydrogen) atoms. The predicted octanol–water partition coefficient (Wildman–Crippen LogP) is 3.96. The number of phenolic OH excluding ortho intramolecular Hbond substituents is 1. The van der Waals surface area contributed by atoms with Crippen LogP contribution in [0.4, 0.5) is 0 Å². The van der Waals surface area contributed by atoms with Crippen LogP contribution < -0.4 is 0 Å². The second kappa shape index (κ2) is 8.11. The third-order valence-corrected chi connectivity index (χ3v) is 5.64. The number of amides is 1. The summed E-state index contributed by atoms with van der Waals surface area (Å²) in [5.41, 5.74) is 5.15. The van der Waals surface area contributed by atoms with E-state index in [-0.39, 0.29) is 5.91 Å². The number of carbonyl (C=O) groups is 1. The normalized spacial score (nSPS) is 16.3. The quantitative estimate of drug-likeness (QED) is 0.719. The molecule has 1 aliphatic heterocycles. The number of phenols is 1. The average molecular weight is 389 g/mol. The molecule has 0 saturated carbocycles. The molecule has 0 radical (unpaired) electrons. The van der Waals surface area contributed by atoms with Crippen molar-refractivity contribution >= 4 is 5.91 Å². The number of rotatable bonds is 5. The number of aromatic hydroxyl groups is 1. The first kappa shape index (κ1) is 19.2. The third-order valence-electron chi connectivity index (χ3n) is 5.64. The number of carbonyl (C=O) groups excluding carboxylic acids is 1. The molecule has 0 aliphatic carbocycles. The summed E-state index contributed by atoms with van der Waals surface area (Å²) in [6.07, 6.45) is 1.89. The van der Waals surface area contributed by atoms with Crippen molar-refractivity contribution in [3.8, 4) is 5.75 Å². The summed E-state index contributed by atoms with van der Waals surface area (Å²) in [4.78, 5) is 14.8. The predicted molar refractivity (Wildman–Crippen MR) is 113 cm³/mol. The number of hydrogen-bond donors (Lipinski definition) is 1. The molecule has 0 spiro atoms. The second-order valence-corrected chi connectivity index (χ2v) is 8.06. The molecule has 1 fully saturated rings. The fourth-order valence-corrected chi connectivity index (χ4v) is 4.14. The summed E-state index contributed by atoms with van der Waals surface area (Å²) < 4.78 is 1.98. The minimum absolute atomic E-state index is 0.0982. The molecule has 1 aliphatic rings. The lowest BCUT2D eigenvalue weighted by Gasteiger charge is -2.17. The Bertz CT molecular complexity index is 1010. The van der Waals surface area contributed by atoms with Crippen molar-refractivity contribution < 1.29 is 9.90 Å². The van der Waals surface area contributed by atoms with Crippen LogP contribution in [0, 0.1) is 19.8 Å². The summed E-state index contributed by atoms with van der Waals surface area (Å²) >= 11 is 0. The highest BCUT2D eigenvalue weighted by molar-refractivity contribution is 5.94. The maximum absolute atomic E-state index is 12.9. The van der Waals surface area contributed by atoms with Crippen molar-refractivity contribution in [2.75, 3.05) is 13.1 Å². The van der Waals surface area contributed by atoms with E-state index in [2.05, 4.69) is 18.1 Å². The van der Waals surface area contributed by atoms with Crippen LogP contribution >= 0.6 is 0 Å². The largest absolute Gasteiger partial charge is 0.508 e. The smallest absolute Gasteiger partial charge is 0.253 e. The maximum atomic E-state index is 12.9. The van der Waals surface area contributed by atoms with E-state index >= 15 is 0 Å². The lowest BCUT2D eigenvalue weighted by atomic mass is 9.98.